The van der Waals surface area contributed by atoms with Gasteiger partial charge in [0.05, 0.1) is 0 Å². The highest BCUT2D eigenvalue weighted by atomic mass is 16.5. The molecule has 1 N–H and O–H groups in total. The SMILES string of the molecule is CCCC(=O)Nc1cccc(OC(=O)CCC)c1. The van der Waals surface area contributed by atoms with Crippen molar-refractivity contribution in [1.29, 1.82) is 0 Å². The van der Waals surface area contributed by atoms with Crippen molar-refractivity contribution >= 4 is 17.6 Å². The van der Waals surface area contributed by atoms with Crippen molar-refractivity contribution in [2.24, 2.45) is 0 Å². The number of carbonyl (C=O) groups is 2. The molecule has 98 valence electrons. The third-order valence-corrected chi connectivity index (χ3v) is 2.28. The van der Waals surface area contributed by atoms with Crippen LogP contribution in [-0.2, 0) is 9.59 Å². The Morgan fingerprint density at radius 2 is 1.89 bits per heavy atom. The number of hydrogen-bond donors (Lipinski definition) is 1. The molecule has 0 aromatic heterocycles. The maximum Gasteiger partial charge on any atom is 0.311 e. The third-order valence-electron chi connectivity index (χ3n) is 2.28. The van der Waals surface area contributed by atoms with Gasteiger partial charge in [-0.05, 0) is 25.0 Å². The number of anilines is 1. The zero-order valence-electron chi connectivity index (χ0n) is 10.9. The van der Waals surface area contributed by atoms with Gasteiger partial charge in [0.15, 0.2) is 0 Å². The summed E-state index contributed by atoms with van der Waals surface area (Å²) in [5, 5.41) is 2.76. The molecule has 1 rings (SSSR count). The number of rotatable bonds is 6. The molecule has 0 radical (unpaired) electrons. The first kappa shape index (κ1) is 14.2. The van der Waals surface area contributed by atoms with Gasteiger partial charge in [0, 0.05) is 24.6 Å². The van der Waals surface area contributed by atoms with Crippen LogP contribution in [0.15, 0.2) is 24.3 Å². The molecule has 0 bridgehead atoms. The quantitative estimate of drug-likeness (QED) is 0.622. The Labute approximate surface area is 107 Å². The summed E-state index contributed by atoms with van der Waals surface area (Å²) in [7, 11) is 0. The summed E-state index contributed by atoms with van der Waals surface area (Å²) in [6.45, 7) is 3.87. The second kappa shape index (κ2) is 7.48. The van der Waals surface area contributed by atoms with Gasteiger partial charge in [-0.25, -0.2) is 0 Å². The lowest BCUT2D eigenvalue weighted by Gasteiger charge is -2.07. The fourth-order valence-electron chi connectivity index (χ4n) is 1.47. The standard InChI is InChI=1S/C14H19NO3/c1-3-6-13(16)15-11-8-5-9-12(10-11)18-14(17)7-4-2/h5,8-10H,3-4,6-7H2,1-2H3,(H,15,16). The second-order valence-electron chi connectivity index (χ2n) is 4.05. The van der Waals surface area contributed by atoms with Gasteiger partial charge >= 0.3 is 5.97 Å². The highest BCUT2D eigenvalue weighted by molar-refractivity contribution is 5.90. The molecule has 0 unspecified atom stereocenters. The lowest BCUT2D eigenvalue weighted by molar-refractivity contribution is -0.134. The predicted molar refractivity (Wildman–Crippen MR) is 70.5 cm³/mol. The summed E-state index contributed by atoms with van der Waals surface area (Å²) in [5.74, 6) is 0.173. The fraction of sp³-hybridized carbons (Fsp3) is 0.429. The van der Waals surface area contributed by atoms with E-state index in [1.54, 1.807) is 24.3 Å². The number of benzene rings is 1. The van der Waals surface area contributed by atoms with E-state index >= 15 is 0 Å². The first-order chi connectivity index (χ1) is 8.65. The molecule has 0 aliphatic heterocycles. The molecular weight excluding hydrogens is 230 g/mol. The smallest absolute Gasteiger partial charge is 0.311 e. The molecule has 4 nitrogen and oxygen atoms in total. The topological polar surface area (TPSA) is 55.4 Å². The Hall–Kier alpha value is -1.84. The molecule has 1 aromatic rings. The monoisotopic (exact) mass is 249 g/mol. The summed E-state index contributed by atoms with van der Waals surface area (Å²) in [4.78, 5) is 22.8. The average Bonchev–Trinajstić information content (AvgIpc) is 2.29. The molecule has 0 aliphatic rings. The zero-order valence-corrected chi connectivity index (χ0v) is 10.9. The minimum absolute atomic E-state index is 0.0328. The minimum Gasteiger partial charge on any atom is -0.426 e. The molecule has 0 atom stereocenters. The van der Waals surface area contributed by atoms with Gasteiger partial charge in [-0.3, -0.25) is 9.59 Å². The van der Waals surface area contributed by atoms with Gasteiger partial charge in [-0.15, -0.1) is 0 Å². The maximum atomic E-state index is 11.4. The van der Waals surface area contributed by atoms with Crippen LogP contribution in [0.4, 0.5) is 5.69 Å². The molecule has 0 spiro atoms. The number of ether oxygens (including phenoxy) is 1. The van der Waals surface area contributed by atoms with E-state index in [9.17, 15) is 9.59 Å². The van der Waals surface area contributed by atoms with Crippen molar-refractivity contribution in [2.45, 2.75) is 39.5 Å². The van der Waals surface area contributed by atoms with E-state index in [1.165, 1.54) is 0 Å². The first-order valence-electron chi connectivity index (χ1n) is 6.26. The summed E-state index contributed by atoms with van der Waals surface area (Å²) >= 11 is 0. The Kier molecular flexibility index (Phi) is 5.91. The van der Waals surface area contributed by atoms with Crippen molar-refractivity contribution < 1.29 is 14.3 Å². The van der Waals surface area contributed by atoms with Crippen LogP contribution in [0.25, 0.3) is 0 Å². The van der Waals surface area contributed by atoms with Crippen LogP contribution >= 0.6 is 0 Å². The molecule has 0 saturated carbocycles. The Bertz CT molecular complexity index is 380. The van der Waals surface area contributed by atoms with Gasteiger partial charge in [-0.1, -0.05) is 19.9 Å². The summed E-state index contributed by atoms with van der Waals surface area (Å²) < 4.78 is 5.15. The van der Waals surface area contributed by atoms with E-state index in [0.29, 0.717) is 24.3 Å². The van der Waals surface area contributed by atoms with E-state index in [0.717, 1.165) is 12.8 Å². The third kappa shape index (κ3) is 4.99. The summed E-state index contributed by atoms with van der Waals surface area (Å²) in [5.41, 5.74) is 0.648. The van der Waals surface area contributed by atoms with E-state index < -0.39 is 0 Å². The molecule has 1 aromatic carbocycles. The Morgan fingerprint density at radius 1 is 1.17 bits per heavy atom. The van der Waals surface area contributed by atoms with E-state index in [1.807, 2.05) is 13.8 Å². The molecule has 0 saturated heterocycles. The number of carbonyl (C=O) groups excluding carboxylic acids is 2. The van der Waals surface area contributed by atoms with Crippen molar-refractivity contribution in [2.75, 3.05) is 5.32 Å². The van der Waals surface area contributed by atoms with E-state index in [4.69, 9.17) is 4.74 Å². The molecule has 4 heteroatoms. The summed E-state index contributed by atoms with van der Waals surface area (Å²) in [6.07, 6.45) is 2.44. The lowest BCUT2D eigenvalue weighted by Crippen LogP contribution is -2.11. The average molecular weight is 249 g/mol. The largest absolute Gasteiger partial charge is 0.426 e. The molecule has 0 heterocycles. The molecule has 1 amide bonds. The van der Waals surface area contributed by atoms with Crippen molar-refractivity contribution in [3.63, 3.8) is 0 Å². The van der Waals surface area contributed by atoms with Crippen LogP contribution in [0, 0.1) is 0 Å². The number of amides is 1. The van der Waals surface area contributed by atoms with Crippen molar-refractivity contribution in [3.8, 4) is 5.75 Å². The maximum absolute atomic E-state index is 11.4. The molecule has 0 fully saturated rings. The first-order valence-corrected chi connectivity index (χ1v) is 6.26. The molecular formula is C14H19NO3. The lowest BCUT2D eigenvalue weighted by atomic mass is 10.2. The van der Waals surface area contributed by atoms with Gasteiger partial charge in [0.2, 0.25) is 5.91 Å². The fourth-order valence-corrected chi connectivity index (χ4v) is 1.47. The van der Waals surface area contributed by atoms with Crippen molar-refractivity contribution in [3.05, 3.63) is 24.3 Å². The minimum atomic E-state index is -0.255. The van der Waals surface area contributed by atoms with Crippen LogP contribution in [0.2, 0.25) is 0 Å². The number of hydrogen-bond acceptors (Lipinski definition) is 3. The van der Waals surface area contributed by atoms with E-state index in [-0.39, 0.29) is 11.9 Å². The summed E-state index contributed by atoms with van der Waals surface area (Å²) in [6, 6.07) is 6.87. The number of nitrogens with one attached hydrogen (secondary N) is 1. The van der Waals surface area contributed by atoms with Gasteiger partial charge in [0.1, 0.15) is 5.75 Å². The Balaban J connectivity index is 2.61. The van der Waals surface area contributed by atoms with Crippen LogP contribution < -0.4 is 10.1 Å². The zero-order chi connectivity index (χ0) is 13.4. The number of esters is 1. The van der Waals surface area contributed by atoms with Crippen molar-refractivity contribution in [1.82, 2.24) is 0 Å². The Morgan fingerprint density at radius 3 is 2.56 bits per heavy atom. The van der Waals surface area contributed by atoms with Crippen LogP contribution in [0.5, 0.6) is 5.75 Å². The predicted octanol–water partition coefficient (Wildman–Crippen LogP) is 3.13. The van der Waals surface area contributed by atoms with E-state index in [2.05, 4.69) is 5.32 Å². The van der Waals surface area contributed by atoms with Crippen LogP contribution in [-0.4, -0.2) is 11.9 Å². The van der Waals surface area contributed by atoms with Gasteiger partial charge in [-0.2, -0.15) is 0 Å². The van der Waals surface area contributed by atoms with Gasteiger partial charge in [0.25, 0.3) is 0 Å². The van der Waals surface area contributed by atoms with Crippen LogP contribution in [0.1, 0.15) is 39.5 Å². The molecule has 0 aliphatic carbocycles. The normalized spacial score (nSPS) is 9.89. The highest BCUT2D eigenvalue weighted by Gasteiger charge is 2.05. The molecule has 18 heavy (non-hydrogen) atoms. The van der Waals surface area contributed by atoms with Crippen LogP contribution in [0.3, 0.4) is 0 Å². The van der Waals surface area contributed by atoms with Gasteiger partial charge < -0.3 is 10.1 Å². The highest BCUT2D eigenvalue weighted by Crippen LogP contribution is 2.18. The second-order valence-corrected chi connectivity index (χ2v) is 4.05.